The molecular formula is C15H18N2. The van der Waals surface area contributed by atoms with Gasteiger partial charge in [-0.25, -0.2) is 0 Å². The van der Waals surface area contributed by atoms with Crippen LogP contribution in [-0.4, -0.2) is 11.1 Å². The molecule has 2 aliphatic rings. The van der Waals surface area contributed by atoms with Crippen molar-refractivity contribution in [1.29, 1.82) is 0 Å². The van der Waals surface area contributed by atoms with Crippen molar-refractivity contribution in [2.24, 2.45) is 0 Å². The Balaban J connectivity index is 2.02. The molecule has 3 heterocycles. The average molecular weight is 226 g/mol. The predicted molar refractivity (Wildman–Crippen MR) is 70.4 cm³/mol. The van der Waals surface area contributed by atoms with E-state index in [4.69, 9.17) is 0 Å². The Kier molecular flexibility index (Phi) is 1.92. The van der Waals surface area contributed by atoms with Gasteiger partial charge in [-0.05, 0) is 43.9 Å². The number of rotatable bonds is 1. The minimum atomic E-state index is 0.591. The van der Waals surface area contributed by atoms with Gasteiger partial charge in [0, 0.05) is 23.7 Å². The van der Waals surface area contributed by atoms with Crippen molar-refractivity contribution < 1.29 is 0 Å². The molecule has 0 amide bonds. The van der Waals surface area contributed by atoms with E-state index >= 15 is 0 Å². The molecule has 0 aliphatic carbocycles. The monoisotopic (exact) mass is 226 g/mol. The summed E-state index contributed by atoms with van der Waals surface area (Å²) in [7, 11) is 0. The zero-order valence-electron chi connectivity index (χ0n) is 10.3. The zero-order valence-corrected chi connectivity index (χ0v) is 10.3. The Morgan fingerprint density at radius 3 is 3.12 bits per heavy atom. The van der Waals surface area contributed by atoms with Gasteiger partial charge in [-0.1, -0.05) is 18.2 Å². The molecule has 0 spiro atoms. The van der Waals surface area contributed by atoms with Gasteiger partial charge in [0.15, 0.2) is 0 Å². The average Bonchev–Trinajstić information content (AvgIpc) is 3.02. The smallest absolute Gasteiger partial charge is 0.0519 e. The lowest BCUT2D eigenvalue weighted by atomic mass is 10.0. The topological polar surface area (TPSA) is 17.0 Å². The molecule has 1 unspecified atom stereocenters. The SMILES string of the molecule is Cc1c(C2CCCN2)n2c3c(cccc13)CC2. The highest BCUT2D eigenvalue weighted by Gasteiger charge is 2.27. The van der Waals surface area contributed by atoms with E-state index in [0.29, 0.717) is 6.04 Å². The summed E-state index contributed by atoms with van der Waals surface area (Å²) in [4.78, 5) is 0. The second-order valence-electron chi connectivity index (χ2n) is 5.37. The lowest BCUT2D eigenvalue weighted by molar-refractivity contribution is 0.579. The fraction of sp³-hybridized carbons (Fsp3) is 0.467. The summed E-state index contributed by atoms with van der Waals surface area (Å²) in [5.74, 6) is 0. The molecule has 1 aromatic carbocycles. The lowest BCUT2D eigenvalue weighted by Gasteiger charge is -2.14. The number of aryl methyl sites for hydroxylation is 3. The van der Waals surface area contributed by atoms with Crippen LogP contribution in [0.2, 0.25) is 0 Å². The number of benzene rings is 1. The maximum Gasteiger partial charge on any atom is 0.0519 e. The Hall–Kier alpha value is -1.28. The van der Waals surface area contributed by atoms with Crippen LogP contribution in [0.4, 0.5) is 0 Å². The first-order valence-corrected chi connectivity index (χ1v) is 6.70. The number of hydrogen-bond donors (Lipinski definition) is 1. The van der Waals surface area contributed by atoms with Crippen LogP contribution < -0.4 is 5.32 Å². The van der Waals surface area contributed by atoms with Crippen LogP contribution in [0, 0.1) is 6.92 Å². The number of nitrogens with one attached hydrogen (secondary N) is 1. The molecule has 17 heavy (non-hydrogen) atoms. The van der Waals surface area contributed by atoms with Crippen LogP contribution in [0.15, 0.2) is 18.2 Å². The van der Waals surface area contributed by atoms with Gasteiger partial charge >= 0.3 is 0 Å². The first-order chi connectivity index (χ1) is 8.36. The molecule has 0 radical (unpaired) electrons. The van der Waals surface area contributed by atoms with E-state index in [1.165, 1.54) is 54.4 Å². The molecule has 1 fully saturated rings. The standard InChI is InChI=1S/C15H18N2/c1-10-12-5-2-4-11-7-9-17(15(11)12)14(10)13-6-3-8-16-13/h2,4-5,13,16H,3,6-9H2,1H3. The van der Waals surface area contributed by atoms with Gasteiger partial charge < -0.3 is 9.88 Å². The van der Waals surface area contributed by atoms with E-state index in [-0.39, 0.29) is 0 Å². The highest BCUT2D eigenvalue weighted by molar-refractivity contribution is 5.89. The third kappa shape index (κ3) is 1.19. The van der Waals surface area contributed by atoms with E-state index in [1.54, 1.807) is 5.69 Å². The van der Waals surface area contributed by atoms with Gasteiger partial charge in [-0.2, -0.15) is 0 Å². The van der Waals surface area contributed by atoms with E-state index < -0.39 is 0 Å². The molecule has 4 rings (SSSR count). The number of hydrogen-bond acceptors (Lipinski definition) is 1. The fourth-order valence-corrected chi connectivity index (χ4v) is 3.71. The molecule has 1 atom stereocenters. The molecule has 1 saturated heterocycles. The van der Waals surface area contributed by atoms with Crippen LogP contribution in [0.25, 0.3) is 10.9 Å². The summed E-state index contributed by atoms with van der Waals surface area (Å²) >= 11 is 0. The molecular weight excluding hydrogens is 208 g/mol. The van der Waals surface area contributed by atoms with Crippen molar-refractivity contribution in [3.05, 3.63) is 35.0 Å². The van der Waals surface area contributed by atoms with Gasteiger partial charge in [0.2, 0.25) is 0 Å². The third-order valence-electron chi connectivity index (χ3n) is 4.46. The summed E-state index contributed by atoms with van der Waals surface area (Å²) in [5, 5.41) is 5.13. The Morgan fingerprint density at radius 1 is 1.35 bits per heavy atom. The summed E-state index contributed by atoms with van der Waals surface area (Å²) in [6, 6.07) is 7.38. The first kappa shape index (κ1) is 9.72. The van der Waals surface area contributed by atoms with Gasteiger partial charge in [-0.15, -0.1) is 0 Å². The minimum absolute atomic E-state index is 0.591. The van der Waals surface area contributed by atoms with Crippen LogP contribution in [0.5, 0.6) is 0 Å². The minimum Gasteiger partial charge on any atom is -0.342 e. The van der Waals surface area contributed by atoms with Crippen molar-refractivity contribution in [2.75, 3.05) is 6.54 Å². The van der Waals surface area contributed by atoms with E-state index in [0.717, 1.165) is 0 Å². The maximum atomic E-state index is 3.65. The molecule has 0 bridgehead atoms. The number of aromatic nitrogens is 1. The molecule has 1 N–H and O–H groups in total. The van der Waals surface area contributed by atoms with Crippen LogP contribution in [0.3, 0.4) is 0 Å². The third-order valence-corrected chi connectivity index (χ3v) is 4.46. The molecule has 2 aromatic rings. The number of nitrogens with zero attached hydrogens (tertiary/aromatic N) is 1. The van der Waals surface area contributed by atoms with Crippen molar-refractivity contribution in [3.63, 3.8) is 0 Å². The van der Waals surface area contributed by atoms with Crippen LogP contribution in [0.1, 0.15) is 35.7 Å². The van der Waals surface area contributed by atoms with Gasteiger partial charge in [0.05, 0.1) is 5.52 Å². The molecule has 2 aliphatic heterocycles. The first-order valence-electron chi connectivity index (χ1n) is 6.70. The molecule has 2 nitrogen and oxygen atoms in total. The summed E-state index contributed by atoms with van der Waals surface area (Å²) < 4.78 is 2.57. The number of para-hydroxylation sites is 1. The Bertz CT molecular complexity index is 588. The molecule has 1 aromatic heterocycles. The Morgan fingerprint density at radius 2 is 2.29 bits per heavy atom. The molecule has 88 valence electrons. The predicted octanol–water partition coefficient (Wildman–Crippen LogP) is 2.93. The summed E-state index contributed by atoms with van der Waals surface area (Å²) in [6.07, 6.45) is 3.83. The molecule has 0 saturated carbocycles. The highest BCUT2D eigenvalue weighted by Crippen LogP contribution is 2.37. The summed E-state index contributed by atoms with van der Waals surface area (Å²) in [5.41, 5.74) is 6.10. The van der Waals surface area contributed by atoms with Crippen molar-refractivity contribution in [3.8, 4) is 0 Å². The largest absolute Gasteiger partial charge is 0.342 e. The quantitative estimate of drug-likeness (QED) is 0.791. The van der Waals surface area contributed by atoms with Crippen LogP contribution in [-0.2, 0) is 13.0 Å². The lowest BCUT2D eigenvalue weighted by Crippen LogP contribution is -2.17. The maximum absolute atomic E-state index is 3.65. The van der Waals surface area contributed by atoms with Gasteiger partial charge in [0.25, 0.3) is 0 Å². The van der Waals surface area contributed by atoms with Crippen molar-refractivity contribution in [2.45, 2.75) is 38.8 Å². The van der Waals surface area contributed by atoms with Crippen molar-refractivity contribution >= 4 is 10.9 Å². The normalized spacial score (nSPS) is 22.8. The van der Waals surface area contributed by atoms with E-state index in [1.807, 2.05) is 0 Å². The van der Waals surface area contributed by atoms with Crippen LogP contribution >= 0.6 is 0 Å². The van der Waals surface area contributed by atoms with E-state index in [2.05, 4.69) is 35.0 Å². The van der Waals surface area contributed by atoms with Crippen molar-refractivity contribution in [1.82, 2.24) is 9.88 Å². The zero-order chi connectivity index (χ0) is 11.4. The Labute approximate surface area is 102 Å². The fourth-order valence-electron chi connectivity index (χ4n) is 3.71. The van der Waals surface area contributed by atoms with E-state index in [9.17, 15) is 0 Å². The highest BCUT2D eigenvalue weighted by atomic mass is 15.1. The second-order valence-corrected chi connectivity index (χ2v) is 5.37. The second kappa shape index (κ2) is 3.36. The van der Waals surface area contributed by atoms with Gasteiger partial charge in [-0.3, -0.25) is 0 Å². The molecule has 2 heteroatoms. The van der Waals surface area contributed by atoms with Gasteiger partial charge in [0.1, 0.15) is 0 Å². The summed E-state index contributed by atoms with van der Waals surface area (Å²) in [6.45, 7) is 4.65.